The molecule has 0 bridgehead atoms. The topological polar surface area (TPSA) is 147 Å². The van der Waals surface area contributed by atoms with Crippen LogP contribution in [0, 0.1) is 0 Å². The number of nitrogens with one attached hydrogen (secondary N) is 1. The number of anilines is 2. The molecule has 14 heteroatoms. The minimum atomic E-state index is -0.381. The largest absolute Gasteiger partial charge is 0.505 e. The van der Waals surface area contributed by atoms with Gasteiger partial charge in [-0.3, -0.25) is 14.4 Å². The van der Waals surface area contributed by atoms with Crippen LogP contribution in [-0.2, 0) is 22.5 Å². The van der Waals surface area contributed by atoms with E-state index in [1.807, 2.05) is 42.2 Å². The van der Waals surface area contributed by atoms with Crippen LogP contribution >= 0.6 is 11.6 Å². The van der Waals surface area contributed by atoms with Gasteiger partial charge < -0.3 is 29.5 Å². The maximum atomic E-state index is 14.2. The van der Waals surface area contributed by atoms with Crippen LogP contribution < -0.4 is 15.8 Å². The van der Waals surface area contributed by atoms with Crippen molar-refractivity contribution in [1.29, 1.82) is 0 Å². The summed E-state index contributed by atoms with van der Waals surface area (Å²) in [6, 6.07) is 14.1. The van der Waals surface area contributed by atoms with Crippen LogP contribution in [0.2, 0.25) is 5.02 Å². The molecule has 0 saturated carbocycles. The van der Waals surface area contributed by atoms with Crippen LogP contribution in [0.1, 0.15) is 35.4 Å². The van der Waals surface area contributed by atoms with E-state index in [1.54, 1.807) is 27.7 Å². The number of rotatable bonds is 7. The number of halogens is 1. The lowest BCUT2D eigenvalue weighted by Gasteiger charge is -2.36. The van der Waals surface area contributed by atoms with Crippen LogP contribution in [0.5, 0.6) is 5.75 Å². The van der Waals surface area contributed by atoms with Crippen molar-refractivity contribution in [3.63, 3.8) is 0 Å². The SMILES string of the molecule is CCc1c(N2CCN(C(=O)c3ncccc3O)CC2)c(=O)n2nc(C3=CCOCC3)nc2n1CC(=O)Nc1ccc(Cl)c2ccccc12. The molecule has 7 rings (SSSR count). The van der Waals surface area contributed by atoms with Crippen LogP contribution in [-0.4, -0.2) is 85.4 Å². The number of piperazine rings is 1. The number of nitrogens with zero attached hydrogens (tertiary/aromatic N) is 7. The molecule has 13 nitrogen and oxygen atoms in total. The summed E-state index contributed by atoms with van der Waals surface area (Å²) in [5.41, 5.74) is 2.16. The zero-order chi connectivity index (χ0) is 33.4. The van der Waals surface area contributed by atoms with Crippen molar-refractivity contribution in [3.8, 4) is 5.75 Å². The predicted molar refractivity (Wildman–Crippen MR) is 182 cm³/mol. The lowest BCUT2D eigenvalue weighted by Crippen LogP contribution is -2.51. The van der Waals surface area contributed by atoms with Crippen molar-refractivity contribution in [2.24, 2.45) is 0 Å². The third-order valence-corrected chi connectivity index (χ3v) is 9.06. The van der Waals surface area contributed by atoms with Gasteiger partial charge in [-0.15, -0.1) is 5.10 Å². The molecule has 2 aliphatic heterocycles. The lowest BCUT2D eigenvalue weighted by molar-refractivity contribution is -0.116. The third-order valence-electron chi connectivity index (χ3n) is 8.73. The Morgan fingerprint density at radius 1 is 1.04 bits per heavy atom. The van der Waals surface area contributed by atoms with Gasteiger partial charge in [0.05, 0.1) is 18.9 Å². The molecule has 5 aromatic rings. The van der Waals surface area contributed by atoms with Crippen LogP contribution in [0.15, 0.2) is 65.6 Å². The average Bonchev–Trinajstić information content (AvgIpc) is 3.57. The van der Waals surface area contributed by atoms with Crippen molar-refractivity contribution in [2.45, 2.75) is 26.3 Å². The second-order valence-corrected chi connectivity index (χ2v) is 12.0. The van der Waals surface area contributed by atoms with E-state index in [2.05, 4.69) is 15.4 Å². The molecule has 48 heavy (non-hydrogen) atoms. The standard InChI is InChI=1S/C34H33ClN8O5/c1-2-26-30(40-14-16-41(17-15-40)32(46)29-27(44)8-5-13-36-29)33(47)43-34(38-31(39-43)21-11-18-48-19-12-21)42(26)20-28(45)37-25-10-9-24(35)22-6-3-4-7-23(22)25/h3-11,13,44H,2,12,14-20H2,1H3,(H,37,45). The minimum absolute atomic E-state index is 0.0130. The van der Waals surface area contributed by atoms with Gasteiger partial charge in [-0.25, -0.2) is 4.98 Å². The van der Waals surface area contributed by atoms with E-state index in [9.17, 15) is 19.5 Å². The molecule has 1 fully saturated rings. The maximum Gasteiger partial charge on any atom is 0.299 e. The van der Waals surface area contributed by atoms with E-state index in [-0.39, 0.29) is 41.1 Å². The fourth-order valence-corrected chi connectivity index (χ4v) is 6.57. The van der Waals surface area contributed by atoms with Crippen molar-refractivity contribution in [3.05, 3.63) is 93.4 Å². The average molecular weight is 669 g/mol. The Morgan fingerprint density at radius 3 is 2.56 bits per heavy atom. The monoisotopic (exact) mass is 668 g/mol. The van der Waals surface area contributed by atoms with Crippen molar-refractivity contribution < 1.29 is 19.4 Å². The van der Waals surface area contributed by atoms with Gasteiger partial charge in [-0.05, 0) is 42.7 Å². The molecule has 0 unspecified atom stereocenters. The lowest BCUT2D eigenvalue weighted by atomic mass is 10.1. The summed E-state index contributed by atoms with van der Waals surface area (Å²) in [7, 11) is 0. The van der Waals surface area contributed by atoms with Crippen LogP contribution in [0.4, 0.5) is 11.4 Å². The van der Waals surface area contributed by atoms with Gasteiger partial charge in [-0.2, -0.15) is 9.50 Å². The minimum Gasteiger partial charge on any atom is -0.505 e. The van der Waals surface area contributed by atoms with Crippen LogP contribution in [0.25, 0.3) is 22.1 Å². The third kappa shape index (κ3) is 5.75. The number of aromatic hydroxyl groups is 1. The number of carbonyl (C=O) groups excluding carboxylic acids is 2. The zero-order valence-corrected chi connectivity index (χ0v) is 27.0. The quantitative estimate of drug-likeness (QED) is 0.265. The number of benzene rings is 2. The molecule has 0 radical (unpaired) electrons. The summed E-state index contributed by atoms with van der Waals surface area (Å²) in [6.45, 7) is 4.04. The van der Waals surface area contributed by atoms with E-state index in [0.717, 1.165) is 16.3 Å². The number of fused-ring (bicyclic) bond motifs is 2. The maximum absolute atomic E-state index is 14.2. The highest BCUT2D eigenvalue weighted by atomic mass is 35.5. The second kappa shape index (κ2) is 13.1. The number of hydrogen-bond donors (Lipinski definition) is 2. The van der Waals surface area contributed by atoms with Gasteiger partial charge in [0.2, 0.25) is 11.7 Å². The van der Waals surface area contributed by atoms with Gasteiger partial charge in [0.15, 0.2) is 11.5 Å². The Labute approximate surface area is 280 Å². The first-order valence-electron chi connectivity index (χ1n) is 15.8. The van der Waals surface area contributed by atoms with Crippen molar-refractivity contribution in [1.82, 2.24) is 29.0 Å². The summed E-state index contributed by atoms with van der Waals surface area (Å²) in [6.07, 6.45) is 4.40. The molecule has 5 heterocycles. The predicted octanol–water partition coefficient (Wildman–Crippen LogP) is 3.77. The normalized spacial score (nSPS) is 15.2. The molecule has 0 aliphatic carbocycles. The Hall–Kier alpha value is -5.27. The van der Waals surface area contributed by atoms with Crippen molar-refractivity contribution in [2.75, 3.05) is 49.6 Å². The molecule has 3 aromatic heterocycles. The fourth-order valence-electron chi connectivity index (χ4n) is 6.34. The molecular weight excluding hydrogens is 636 g/mol. The van der Waals surface area contributed by atoms with Crippen LogP contribution in [0.3, 0.4) is 0 Å². The van der Waals surface area contributed by atoms with E-state index in [4.69, 9.17) is 21.3 Å². The van der Waals surface area contributed by atoms with E-state index < -0.39 is 0 Å². The first-order chi connectivity index (χ1) is 23.3. The van der Waals surface area contributed by atoms with Gasteiger partial charge >= 0.3 is 0 Å². The highest BCUT2D eigenvalue weighted by Gasteiger charge is 2.30. The van der Waals surface area contributed by atoms with Gasteiger partial charge in [0.25, 0.3) is 11.5 Å². The Kier molecular flexibility index (Phi) is 8.54. The second-order valence-electron chi connectivity index (χ2n) is 11.6. The first kappa shape index (κ1) is 31.3. The molecule has 0 atom stereocenters. The van der Waals surface area contributed by atoms with E-state index >= 15 is 0 Å². The Bertz CT molecular complexity index is 2150. The molecule has 0 spiro atoms. The molecule has 2 aromatic carbocycles. The summed E-state index contributed by atoms with van der Waals surface area (Å²) in [5.74, 6) is -0.197. The summed E-state index contributed by atoms with van der Waals surface area (Å²) >= 11 is 6.42. The molecule has 246 valence electrons. The number of hydrogen-bond acceptors (Lipinski definition) is 9. The summed E-state index contributed by atoms with van der Waals surface area (Å²) in [5, 5.41) is 20.1. The van der Waals surface area contributed by atoms with E-state index in [1.165, 1.54) is 16.8 Å². The summed E-state index contributed by atoms with van der Waals surface area (Å²) < 4.78 is 8.49. The van der Waals surface area contributed by atoms with Gasteiger partial charge in [0, 0.05) is 53.9 Å². The highest BCUT2D eigenvalue weighted by Crippen LogP contribution is 2.30. The molecule has 2 aliphatic rings. The number of amides is 2. The number of aromatic nitrogens is 5. The fraction of sp³-hybridized carbons (Fsp3) is 0.294. The number of carbonyl (C=O) groups is 2. The molecular formula is C34H33ClN8O5. The first-order valence-corrected chi connectivity index (χ1v) is 16.2. The molecule has 2 N–H and O–H groups in total. The van der Waals surface area contributed by atoms with Gasteiger partial charge in [-0.1, -0.05) is 48.9 Å². The summed E-state index contributed by atoms with van der Waals surface area (Å²) in [4.78, 5) is 53.5. The zero-order valence-electron chi connectivity index (χ0n) is 26.2. The van der Waals surface area contributed by atoms with Crippen molar-refractivity contribution >= 4 is 56.9 Å². The Balaban J connectivity index is 1.25. The smallest absolute Gasteiger partial charge is 0.299 e. The molecule has 2 amide bonds. The van der Waals surface area contributed by atoms with E-state index in [0.29, 0.717) is 80.2 Å². The number of pyridine rings is 1. The number of ether oxygens (including phenoxy) is 1. The molecule has 1 saturated heterocycles. The Morgan fingerprint density at radius 2 is 1.83 bits per heavy atom. The highest BCUT2D eigenvalue weighted by molar-refractivity contribution is 6.36. The van der Waals surface area contributed by atoms with Gasteiger partial charge in [0.1, 0.15) is 18.0 Å².